The van der Waals surface area contributed by atoms with E-state index in [9.17, 15) is 4.79 Å². The summed E-state index contributed by atoms with van der Waals surface area (Å²) in [5.41, 5.74) is 5.41. The SMILES string of the molecule is Cc1ccc(OCC(=O)NN=Cc2ccc(-c3cccc(Cl)c3)o2)c(C)c1. The molecule has 0 spiro atoms. The van der Waals surface area contributed by atoms with Crippen LogP contribution < -0.4 is 10.2 Å². The molecule has 27 heavy (non-hydrogen) atoms. The zero-order valence-electron chi connectivity index (χ0n) is 15.0. The van der Waals surface area contributed by atoms with Gasteiger partial charge in [0.2, 0.25) is 0 Å². The highest BCUT2D eigenvalue weighted by atomic mass is 35.5. The molecule has 5 nitrogen and oxygen atoms in total. The number of aryl methyl sites for hydroxylation is 2. The molecule has 1 amide bonds. The lowest BCUT2D eigenvalue weighted by Crippen LogP contribution is -2.24. The smallest absolute Gasteiger partial charge is 0.277 e. The lowest BCUT2D eigenvalue weighted by atomic mass is 10.1. The number of hydrogen-bond acceptors (Lipinski definition) is 4. The zero-order chi connectivity index (χ0) is 19.2. The Morgan fingerprint density at radius 2 is 2.04 bits per heavy atom. The van der Waals surface area contributed by atoms with Gasteiger partial charge < -0.3 is 9.15 Å². The summed E-state index contributed by atoms with van der Waals surface area (Å²) >= 11 is 5.98. The molecule has 0 saturated heterocycles. The molecule has 0 aliphatic rings. The van der Waals surface area contributed by atoms with Crippen LogP contribution >= 0.6 is 11.6 Å². The number of furan rings is 1. The van der Waals surface area contributed by atoms with Gasteiger partial charge in [-0.25, -0.2) is 5.43 Å². The summed E-state index contributed by atoms with van der Waals surface area (Å²) in [5, 5.41) is 4.53. The Morgan fingerprint density at radius 1 is 1.19 bits per heavy atom. The molecule has 2 aromatic carbocycles. The third-order valence-electron chi connectivity index (χ3n) is 3.81. The minimum Gasteiger partial charge on any atom is -0.483 e. The van der Waals surface area contributed by atoms with E-state index in [0.29, 0.717) is 22.3 Å². The number of rotatable bonds is 6. The minimum atomic E-state index is -0.354. The van der Waals surface area contributed by atoms with E-state index in [2.05, 4.69) is 10.5 Å². The first-order valence-corrected chi connectivity index (χ1v) is 8.77. The molecule has 0 radical (unpaired) electrons. The van der Waals surface area contributed by atoms with Gasteiger partial charge in [-0.05, 0) is 49.7 Å². The van der Waals surface area contributed by atoms with E-state index in [4.69, 9.17) is 20.8 Å². The molecule has 0 fully saturated rings. The van der Waals surface area contributed by atoms with Crippen molar-refractivity contribution in [3.8, 4) is 17.1 Å². The molecule has 138 valence electrons. The van der Waals surface area contributed by atoms with Crippen molar-refractivity contribution >= 4 is 23.7 Å². The third kappa shape index (κ3) is 5.21. The van der Waals surface area contributed by atoms with Crippen molar-refractivity contribution in [3.05, 3.63) is 76.5 Å². The largest absolute Gasteiger partial charge is 0.483 e. The minimum absolute atomic E-state index is 0.118. The van der Waals surface area contributed by atoms with E-state index in [1.54, 1.807) is 12.1 Å². The van der Waals surface area contributed by atoms with Crippen LogP contribution in [0.1, 0.15) is 16.9 Å². The molecule has 0 unspecified atom stereocenters. The summed E-state index contributed by atoms with van der Waals surface area (Å²) in [6.07, 6.45) is 1.43. The number of benzene rings is 2. The van der Waals surface area contributed by atoms with Crippen LogP contribution in [0, 0.1) is 13.8 Å². The number of nitrogens with one attached hydrogen (secondary N) is 1. The summed E-state index contributed by atoms with van der Waals surface area (Å²) in [7, 11) is 0. The van der Waals surface area contributed by atoms with Gasteiger partial charge >= 0.3 is 0 Å². The van der Waals surface area contributed by atoms with E-state index < -0.39 is 0 Å². The predicted octanol–water partition coefficient (Wildman–Crippen LogP) is 4.75. The fraction of sp³-hybridized carbons (Fsp3) is 0.143. The molecule has 3 aromatic rings. The standard InChI is InChI=1S/C21H19ClN2O3/c1-14-6-8-19(15(2)10-14)26-13-21(25)24-23-12-18-7-9-20(27-18)16-4-3-5-17(22)11-16/h3-12H,13H2,1-2H3,(H,24,25). The van der Waals surface area contributed by atoms with Gasteiger partial charge in [0, 0.05) is 10.6 Å². The molecule has 0 aliphatic heterocycles. The Morgan fingerprint density at radius 3 is 2.81 bits per heavy atom. The van der Waals surface area contributed by atoms with Gasteiger partial charge in [0.05, 0.1) is 6.21 Å². The third-order valence-corrected chi connectivity index (χ3v) is 4.04. The maximum absolute atomic E-state index is 11.9. The van der Waals surface area contributed by atoms with Gasteiger partial charge in [0.25, 0.3) is 5.91 Å². The molecule has 6 heteroatoms. The summed E-state index contributed by atoms with van der Waals surface area (Å²) in [6.45, 7) is 3.82. The van der Waals surface area contributed by atoms with E-state index in [-0.39, 0.29) is 12.5 Å². The number of amides is 1. The number of carbonyl (C=O) groups excluding carboxylic acids is 1. The monoisotopic (exact) mass is 382 g/mol. The fourth-order valence-electron chi connectivity index (χ4n) is 2.52. The first-order chi connectivity index (χ1) is 13.0. The number of hydrazone groups is 1. The van der Waals surface area contributed by atoms with Gasteiger partial charge in [0.1, 0.15) is 17.3 Å². The Labute approximate surface area is 162 Å². The molecule has 0 saturated carbocycles. The summed E-state index contributed by atoms with van der Waals surface area (Å²) in [4.78, 5) is 11.9. The highest BCUT2D eigenvalue weighted by Gasteiger charge is 2.06. The van der Waals surface area contributed by atoms with Crippen LogP contribution in [0.2, 0.25) is 5.02 Å². The molecular formula is C21H19ClN2O3. The fourth-order valence-corrected chi connectivity index (χ4v) is 2.71. The summed E-state index contributed by atoms with van der Waals surface area (Å²) < 4.78 is 11.2. The number of ether oxygens (including phenoxy) is 1. The lowest BCUT2D eigenvalue weighted by Gasteiger charge is -2.08. The van der Waals surface area contributed by atoms with Crippen LogP contribution in [0.25, 0.3) is 11.3 Å². The van der Waals surface area contributed by atoms with Gasteiger partial charge in [-0.2, -0.15) is 5.10 Å². The van der Waals surface area contributed by atoms with Crippen molar-refractivity contribution in [2.24, 2.45) is 5.10 Å². The molecule has 1 aromatic heterocycles. The summed E-state index contributed by atoms with van der Waals surface area (Å²) in [6, 6.07) is 16.7. The van der Waals surface area contributed by atoms with Crippen molar-refractivity contribution in [2.75, 3.05) is 6.61 Å². The average Bonchev–Trinajstić information content (AvgIpc) is 3.10. The highest BCUT2D eigenvalue weighted by Crippen LogP contribution is 2.24. The Hall–Kier alpha value is -3.05. The second-order valence-corrected chi connectivity index (χ2v) is 6.50. The zero-order valence-corrected chi connectivity index (χ0v) is 15.8. The van der Waals surface area contributed by atoms with Crippen molar-refractivity contribution < 1.29 is 13.9 Å². The van der Waals surface area contributed by atoms with Crippen LogP contribution in [0.15, 0.2) is 64.1 Å². The first-order valence-electron chi connectivity index (χ1n) is 8.39. The first kappa shape index (κ1) is 18.7. The van der Waals surface area contributed by atoms with Crippen LogP contribution in [0.5, 0.6) is 5.75 Å². The topological polar surface area (TPSA) is 63.8 Å². The molecular weight excluding hydrogens is 364 g/mol. The van der Waals surface area contributed by atoms with Crippen molar-refractivity contribution in [1.82, 2.24) is 5.43 Å². The molecule has 0 bridgehead atoms. The maximum atomic E-state index is 11.9. The molecule has 1 heterocycles. The number of carbonyl (C=O) groups is 1. The number of nitrogens with zero attached hydrogens (tertiary/aromatic N) is 1. The number of hydrogen-bond donors (Lipinski definition) is 1. The highest BCUT2D eigenvalue weighted by molar-refractivity contribution is 6.30. The molecule has 3 rings (SSSR count). The van der Waals surface area contributed by atoms with Crippen LogP contribution in [0.3, 0.4) is 0 Å². The Balaban J connectivity index is 1.52. The van der Waals surface area contributed by atoms with Crippen molar-refractivity contribution in [3.63, 3.8) is 0 Å². The van der Waals surface area contributed by atoms with Crippen LogP contribution in [-0.2, 0) is 4.79 Å². The van der Waals surface area contributed by atoms with Gasteiger partial charge in [-0.3, -0.25) is 4.79 Å². The predicted molar refractivity (Wildman–Crippen MR) is 106 cm³/mol. The molecule has 0 aliphatic carbocycles. The van der Waals surface area contributed by atoms with E-state index in [1.165, 1.54) is 6.21 Å². The quantitative estimate of drug-likeness (QED) is 0.494. The Kier molecular flexibility index (Phi) is 5.94. The Bertz CT molecular complexity index is 979. The van der Waals surface area contributed by atoms with E-state index in [1.807, 2.05) is 56.3 Å². The van der Waals surface area contributed by atoms with Crippen molar-refractivity contribution in [2.45, 2.75) is 13.8 Å². The number of halogens is 1. The van der Waals surface area contributed by atoms with Crippen molar-refractivity contribution in [1.29, 1.82) is 0 Å². The lowest BCUT2D eigenvalue weighted by molar-refractivity contribution is -0.123. The van der Waals surface area contributed by atoms with Gasteiger partial charge in [0.15, 0.2) is 6.61 Å². The average molecular weight is 383 g/mol. The molecule has 1 N–H and O–H groups in total. The summed E-state index contributed by atoms with van der Waals surface area (Å²) in [5.74, 6) is 1.51. The molecule has 0 atom stereocenters. The van der Waals surface area contributed by atoms with E-state index >= 15 is 0 Å². The van der Waals surface area contributed by atoms with E-state index in [0.717, 1.165) is 16.7 Å². The van der Waals surface area contributed by atoms with Gasteiger partial charge in [-0.15, -0.1) is 0 Å². The second-order valence-electron chi connectivity index (χ2n) is 6.06. The van der Waals surface area contributed by atoms with Crippen LogP contribution in [0.4, 0.5) is 0 Å². The maximum Gasteiger partial charge on any atom is 0.277 e. The van der Waals surface area contributed by atoms with Crippen LogP contribution in [-0.4, -0.2) is 18.7 Å². The normalized spacial score (nSPS) is 10.9. The van der Waals surface area contributed by atoms with Gasteiger partial charge in [-0.1, -0.05) is 41.4 Å². The second kappa shape index (κ2) is 8.56.